The molecule has 0 fully saturated rings. The summed E-state index contributed by atoms with van der Waals surface area (Å²) < 4.78 is 5.48. The van der Waals surface area contributed by atoms with Crippen molar-refractivity contribution in [1.82, 2.24) is 5.32 Å². The molecule has 0 heterocycles. The van der Waals surface area contributed by atoms with Crippen molar-refractivity contribution in [3.05, 3.63) is 24.3 Å². The highest BCUT2D eigenvalue weighted by Crippen LogP contribution is 2.18. The topological polar surface area (TPSA) is 95.9 Å². The number of nitrogens with one attached hydrogen (secondary N) is 1. The van der Waals surface area contributed by atoms with Gasteiger partial charge in [0.2, 0.25) is 5.91 Å². The lowest BCUT2D eigenvalue weighted by molar-refractivity contribution is -0.143. The number of aliphatic hydroxyl groups is 2. The van der Waals surface area contributed by atoms with Crippen molar-refractivity contribution in [3.63, 3.8) is 0 Å². The van der Waals surface area contributed by atoms with E-state index in [1.54, 1.807) is 0 Å². The summed E-state index contributed by atoms with van der Waals surface area (Å²) in [6, 6.07) is -0.540. The standard InChI is InChI=1S/C64H123NO5/c1-3-5-7-9-11-13-15-17-29-32-36-40-44-48-52-56-62(67)61(60-66)65-63(68)57-53-49-45-41-37-33-30-27-25-23-21-19-20-22-24-26-28-31-35-39-43-47-51-55-59-70-64(69)58-54-50-46-42-38-34-18-16-14-12-10-8-6-4-2/h10,12,16,18,61-62,66-67H,3-9,11,13-15,17,19-60H2,1-2H3,(H,65,68)/b12-10-,18-16-. The van der Waals surface area contributed by atoms with Gasteiger partial charge in [-0.2, -0.15) is 0 Å². The van der Waals surface area contributed by atoms with E-state index >= 15 is 0 Å². The second-order valence-electron chi connectivity index (χ2n) is 21.7. The second-order valence-corrected chi connectivity index (χ2v) is 21.7. The summed E-state index contributed by atoms with van der Waals surface area (Å²) in [6.07, 6.45) is 73.3. The van der Waals surface area contributed by atoms with E-state index in [2.05, 4.69) is 43.5 Å². The number of carbonyl (C=O) groups excluding carboxylic acids is 2. The zero-order chi connectivity index (χ0) is 50.7. The fourth-order valence-electron chi connectivity index (χ4n) is 9.89. The molecule has 70 heavy (non-hydrogen) atoms. The van der Waals surface area contributed by atoms with Gasteiger partial charge in [-0.3, -0.25) is 9.59 Å². The Balaban J connectivity index is 3.36. The van der Waals surface area contributed by atoms with Crippen molar-refractivity contribution in [3.8, 4) is 0 Å². The number of ether oxygens (including phenoxy) is 1. The van der Waals surface area contributed by atoms with E-state index in [0.29, 0.717) is 25.9 Å². The highest BCUT2D eigenvalue weighted by molar-refractivity contribution is 5.76. The number of rotatable bonds is 59. The average molecular weight is 987 g/mol. The molecule has 0 aromatic heterocycles. The van der Waals surface area contributed by atoms with E-state index in [4.69, 9.17) is 4.74 Å². The zero-order valence-corrected chi connectivity index (χ0v) is 47.3. The smallest absolute Gasteiger partial charge is 0.305 e. The maximum atomic E-state index is 12.5. The van der Waals surface area contributed by atoms with Crippen molar-refractivity contribution in [2.45, 2.75) is 360 Å². The van der Waals surface area contributed by atoms with Crippen molar-refractivity contribution < 1.29 is 24.5 Å². The van der Waals surface area contributed by atoms with E-state index in [1.807, 2.05) is 0 Å². The lowest BCUT2D eigenvalue weighted by Crippen LogP contribution is -2.45. The second kappa shape index (κ2) is 59.9. The lowest BCUT2D eigenvalue weighted by Gasteiger charge is -2.22. The number of hydrogen-bond donors (Lipinski definition) is 3. The van der Waals surface area contributed by atoms with Gasteiger partial charge in [-0.1, -0.05) is 308 Å². The number of amides is 1. The lowest BCUT2D eigenvalue weighted by atomic mass is 10.0. The SMILES string of the molecule is CCCC/C=C\C/C=C\CCCCCCCC(=O)OCCCCCCCCCCCCCCCCCCCCCCCCCCC(=O)NC(CO)C(O)CCCCCCCCCCCCCCCCC. The summed E-state index contributed by atoms with van der Waals surface area (Å²) in [6.45, 7) is 4.93. The molecular formula is C64H123NO5. The number of allylic oxidation sites excluding steroid dienone is 4. The average Bonchev–Trinajstić information content (AvgIpc) is 3.36. The predicted molar refractivity (Wildman–Crippen MR) is 306 cm³/mol. The summed E-state index contributed by atoms with van der Waals surface area (Å²) in [5, 5.41) is 23.3. The molecule has 1 amide bonds. The van der Waals surface area contributed by atoms with Crippen LogP contribution in [0.2, 0.25) is 0 Å². The van der Waals surface area contributed by atoms with Gasteiger partial charge in [-0.05, 0) is 51.4 Å². The molecule has 2 unspecified atom stereocenters. The van der Waals surface area contributed by atoms with Gasteiger partial charge in [0.1, 0.15) is 0 Å². The zero-order valence-electron chi connectivity index (χ0n) is 47.3. The van der Waals surface area contributed by atoms with Crippen molar-refractivity contribution >= 4 is 11.9 Å². The highest BCUT2D eigenvalue weighted by Gasteiger charge is 2.20. The van der Waals surface area contributed by atoms with Crippen LogP contribution < -0.4 is 5.32 Å². The van der Waals surface area contributed by atoms with Crippen LogP contribution in [0.25, 0.3) is 0 Å². The number of aliphatic hydroxyl groups excluding tert-OH is 2. The Labute approximate surface area is 437 Å². The molecule has 3 N–H and O–H groups in total. The van der Waals surface area contributed by atoms with E-state index in [1.165, 1.54) is 263 Å². The normalized spacial score (nSPS) is 12.7. The molecule has 0 aliphatic carbocycles. The minimum Gasteiger partial charge on any atom is -0.466 e. The van der Waals surface area contributed by atoms with Crippen molar-refractivity contribution in [1.29, 1.82) is 0 Å². The van der Waals surface area contributed by atoms with Gasteiger partial charge >= 0.3 is 5.97 Å². The Morgan fingerprint density at radius 2 is 0.729 bits per heavy atom. The molecule has 414 valence electrons. The molecule has 0 aliphatic heterocycles. The first-order valence-electron chi connectivity index (χ1n) is 31.6. The van der Waals surface area contributed by atoms with E-state index in [0.717, 1.165) is 51.4 Å². The number of hydrogen-bond acceptors (Lipinski definition) is 5. The first kappa shape index (κ1) is 68.3. The van der Waals surface area contributed by atoms with Crippen LogP contribution in [0.4, 0.5) is 0 Å². The molecule has 0 aromatic carbocycles. The number of esters is 1. The summed E-state index contributed by atoms with van der Waals surface area (Å²) in [4.78, 5) is 24.5. The first-order valence-corrected chi connectivity index (χ1v) is 31.6. The molecule has 6 heteroatoms. The maximum absolute atomic E-state index is 12.5. The largest absolute Gasteiger partial charge is 0.466 e. The van der Waals surface area contributed by atoms with Gasteiger partial charge in [0.15, 0.2) is 0 Å². The number of carbonyl (C=O) groups is 2. The van der Waals surface area contributed by atoms with Gasteiger partial charge in [-0.25, -0.2) is 0 Å². The van der Waals surface area contributed by atoms with Crippen molar-refractivity contribution in [2.24, 2.45) is 0 Å². The van der Waals surface area contributed by atoms with Gasteiger partial charge in [0.05, 0.1) is 25.4 Å². The Kier molecular flexibility index (Phi) is 58.5. The molecule has 0 radical (unpaired) electrons. The molecule has 0 spiro atoms. The first-order chi connectivity index (χ1) is 34.5. The molecule has 6 nitrogen and oxygen atoms in total. The van der Waals surface area contributed by atoms with Crippen LogP contribution in [0, 0.1) is 0 Å². The minimum absolute atomic E-state index is 0.00119. The van der Waals surface area contributed by atoms with Crippen LogP contribution in [0.15, 0.2) is 24.3 Å². The van der Waals surface area contributed by atoms with Crippen LogP contribution in [0.3, 0.4) is 0 Å². The summed E-state index contributed by atoms with van der Waals surface area (Å²) in [5.41, 5.74) is 0. The molecule has 0 rings (SSSR count). The summed E-state index contributed by atoms with van der Waals surface area (Å²) in [5.74, 6) is -0.0306. The fraction of sp³-hybridized carbons (Fsp3) is 0.906. The highest BCUT2D eigenvalue weighted by atomic mass is 16.5. The summed E-state index contributed by atoms with van der Waals surface area (Å²) in [7, 11) is 0. The monoisotopic (exact) mass is 986 g/mol. The summed E-state index contributed by atoms with van der Waals surface area (Å²) >= 11 is 0. The minimum atomic E-state index is -0.663. The van der Waals surface area contributed by atoms with Crippen LogP contribution in [0.5, 0.6) is 0 Å². The van der Waals surface area contributed by atoms with E-state index in [9.17, 15) is 19.8 Å². The molecule has 0 saturated heterocycles. The quantitative estimate of drug-likeness (QED) is 0.0321. The Hall–Kier alpha value is -1.66. The van der Waals surface area contributed by atoms with Crippen LogP contribution >= 0.6 is 0 Å². The third-order valence-electron chi connectivity index (χ3n) is 14.8. The Morgan fingerprint density at radius 1 is 0.400 bits per heavy atom. The van der Waals surface area contributed by atoms with E-state index < -0.39 is 12.1 Å². The van der Waals surface area contributed by atoms with Gasteiger partial charge in [0, 0.05) is 12.8 Å². The van der Waals surface area contributed by atoms with E-state index in [-0.39, 0.29) is 18.5 Å². The third kappa shape index (κ3) is 55.7. The Morgan fingerprint density at radius 3 is 1.13 bits per heavy atom. The molecule has 0 bridgehead atoms. The van der Waals surface area contributed by atoms with Crippen LogP contribution in [-0.4, -0.2) is 47.4 Å². The van der Waals surface area contributed by atoms with Crippen molar-refractivity contribution in [2.75, 3.05) is 13.2 Å². The van der Waals surface area contributed by atoms with Crippen LogP contribution in [-0.2, 0) is 14.3 Å². The van der Waals surface area contributed by atoms with Gasteiger partial charge in [-0.15, -0.1) is 0 Å². The molecular weight excluding hydrogens is 863 g/mol. The Bertz CT molecular complexity index is 1090. The molecule has 0 aliphatic rings. The maximum Gasteiger partial charge on any atom is 0.305 e. The van der Waals surface area contributed by atoms with Crippen LogP contribution in [0.1, 0.15) is 348 Å². The molecule has 2 atom stereocenters. The molecule has 0 aromatic rings. The van der Waals surface area contributed by atoms with Gasteiger partial charge in [0.25, 0.3) is 0 Å². The van der Waals surface area contributed by atoms with Gasteiger partial charge < -0.3 is 20.3 Å². The third-order valence-corrected chi connectivity index (χ3v) is 14.8. The predicted octanol–water partition coefficient (Wildman–Crippen LogP) is 19.8. The fourth-order valence-corrected chi connectivity index (χ4v) is 9.89. The number of unbranched alkanes of at least 4 members (excludes halogenated alkanes) is 44. The molecule has 0 saturated carbocycles.